The largest absolute Gasteiger partial charge is 0.217 e. The molecule has 2 nitrogen and oxygen atoms in total. The third kappa shape index (κ3) is 10.4. The normalized spacial score (nSPS) is 12.3. The SMILES string of the molecule is CC(C)CCCCCS(=O)(=O)Br. The summed E-state index contributed by atoms with van der Waals surface area (Å²) in [6.07, 6.45) is 4.13. The van der Waals surface area contributed by atoms with E-state index >= 15 is 0 Å². The van der Waals surface area contributed by atoms with Crippen LogP contribution in [0.15, 0.2) is 0 Å². The van der Waals surface area contributed by atoms with E-state index in [0.717, 1.165) is 25.2 Å². The number of rotatable bonds is 6. The molecule has 0 aliphatic heterocycles. The minimum atomic E-state index is -2.91. The van der Waals surface area contributed by atoms with Crippen molar-refractivity contribution < 1.29 is 8.42 Å². The molecule has 0 saturated heterocycles. The van der Waals surface area contributed by atoms with Gasteiger partial charge in [0.1, 0.15) is 0 Å². The van der Waals surface area contributed by atoms with Crippen molar-refractivity contribution in [3.05, 3.63) is 0 Å². The molecule has 0 aliphatic rings. The summed E-state index contributed by atoms with van der Waals surface area (Å²) in [5.41, 5.74) is 0. The lowest BCUT2D eigenvalue weighted by Gasteiger charge is -2.02. The maximum absolute atomic E-state index is 10.6. The zero-order valence-electron chi connectivity index (χ0n) is 7.72. The van der Waals surface area contributed by atoms with Crippen molar-refractivity contribution in [3.63, 3.8) is 0 Å². The van der Waals surface area contributed by atoms with E-state index in [9.17, 15) is 8.42 Å². The quantitative estimate of drug-likeness (QED) is 0.541. The highest BCUT2D eigenvalue weighted by Crippen LogP contribution is 2.10. The van der Waals surface area contributed by atoms with Crippen LogP contribution in [-0.4, -0.2) is 14.2 Å². The van der Waals surface area contributed by atoms with Crippen molar-refractivity contribution in [1.29, 1.82) is 0 Å². The predicted octanol–water partition coefficient (Wildman–Crippen LogP) is 2.93. The Labute approximate surface area is 82.9 Å². The number of hydrogen-bond acceptors (Lipinski definition) is 2. The summed E-state index contributed by atoms with van der Waals surface area (Å²) in [4.78, 5) is 0. The molecule has 0 bridgehead atoms. The minimum Gasteiger partial charge on any atom is -0.217 e. The fraction of sp³-hybridized carbons (Fsp3) is 1.00. The Morgan fingerprint density at radius 3 is 2.17 bits per heavy atom. The standard InChI is InChI=1S/C8H17BrO2S/c1-8(2)6-4-3-5-7-12(9,10)11/h8H,3-7H2,1-2H3. The van der Waals surface area contributed by atoms with E-state index in [0.29, 0.717) is 0 Å². The Morgan fingerprint density at radius 2 is 1.75 bits per heavy atom. The van der Waals surface area contributed by atoms with Crippen LogP contribution in [0.3, 0.4) is 0 Å². The first kappa shape index (κ1) is 12.4. The van der Waals surface area contributed by atoms with E-state index in [2.05, 4.69) is 28.7 Å². The second-order valence-electron chi connectivity index (χ2n) is 3.49. The first-order valence-corrected chi connectivity index (χ1v) is 7.83. The van der Waals surface area contributed by atoms with Gasteiger partial charge in [-0.2, -0.15) is 0 Å². The van der Waals surface area contributed by atoms with E-state index in [1.165, 1.54) is 6.42 Å². The Bertz CT molecular complexity index is 197. The van der Waals surface area contributed by atoms with Crippen LogP contribution in [0.2, 0.25) is 0 Å². The predicted molar refractivity (Wildman–Crippen MR) is 56.0 cm³/mol. The van der Waals surface area contributed by atoms with Gasteiger partial charge in [0.2, 0.25) is 8.27 Å². The van der Waals surface area contributed by atoms with Crippen LogP contribution < -0.4 is 0 Å². The molecule has 0 unspecified atom stereocenters. The molecule has 12 heavy (non-hydrogen) atoms. The van der Waals surface area contributed by atoms with E-state index in [1.807, 2.05) is 0 Å². The van der Waals surface area contributed by atoms with Crippen LogP contribution in [0.5, 0.6) is 0 Å². The van der Waals surface area contributed by atoms with E-state index < -0.39 is 8.27 Å². The first-order chi connectivity index (χ1) is 5.42. The highest BCUT2D eigenvalue weighted by atomic mass is 79.9. The fourth-order valence-electron chi connectivity index (χ4n) is 1.00. The molecule has 0 saturated carbocycles. The Kier molecular flexibility index (Phi) is 6.19. The van der Waals surface area contributed by atoms with E-state index in [-0.39, 0.29) is 5.75 Å². The van der Waals surface area contributed by atoms with Gasteiger partial charge in [-0.25, -0.2) is 8.42 Å². The van der Waals surface area contributed by atoms with Gasteiger partial charge in [0.05, 0.1) is 20.6 Å². The fourth-order valence-corrected chi connectivity index (χ4v) is 2.24. The average molecular weight is 257 g/mol. The smallest absolute Gasteiger partial charge is 0.209 e. The van der Waals surface area contributed by atoms with Crippen molar-refractivity contribution in [3.8, 4) is 0 Å². The van der Waals surface area contributed by atoms with Crippen LogP contribution >= 0.6 is 14.8 Å². The Morgan fingerprint density at radius 1 is 1.17 bits per heavy atom. The third-order valence-corrected chi connectivity index (χ3v) is 3.42. The summed E-state index contributed by atoms with van der Waals surface area (Å²) in [5, 5.41) is 0. The summed E-state index contributed by atoms with van der Waals surface area (Å²) in [5.74, 6) is 0.996. The molecule has 0 rings (SSSR count). The lowest BCUT2D eigenvalue weighted by molar-refractivity contribution is 0.533. The summed E-state index contributed by atoms with van der Waals surface area (Å²) in [6, 6.07) is 0. The molecule has 4 heteroatoms. The van der Waals surface area contributed by atoms with Gasteiger partial charge >= 0.3 is 0 Å². The average Bonchev–Trinajstić information content (AvgIpc) is 1.83. The van der Waals surface area contributed by atoms with Gasteiger partial charge in [-0.05, 0) is 12.3 Å². The number of hydrogen-bond donors (Lipinski definition) is 0. The molecule has 0 spiro atoms. The van der Waals surface area contributed by atoms with Gasteiger partial charge in [0, 0.05) is 0 Å². The van der Waals surface area contributed by atoms with Gasteiger partial charge < -0.3 is 0 Å². The molecule has 0 fully saturated rings. The van der Waals surface area contributed by atoms with E-state index in [4.69, 9.17) is 0 Å². The molecular formula is C8H17BrO2S. The van der Waals surface area contributed by atoms with Crippen molar-refractivity contribution in [2.75, 3.05) is 5.75 Å². The van der Waals surface area contributed by atoms with Crippen LogP contribution in [0.25, 0.3) is 0 Å². The van der Waals surface area contributed by atoms with Crippen molar-refractivity contribution >= 4 is 23.1 Å². The molecule has 0 aromatic heterocycles. The van der Waals surface area contributed by atoms with Crippen molar-refractivity contribution in [2.24, 2.45) is 5.92 Å². The van der Waals surface area contributed by atoms with Gasteiger partial charge in [-0.3, -0.25) is 0 Å². The molecule has 74 valence electrons. The second-order valence-corrected chi connectivity index (χ2v) is 7.93. The maximum atomic E-state index is 10.6. The minimum absolute atomic E-state index is 0.269. The molecular weight excluding hydrogens is 240 g/mol. The lowest BCUT2D eigenvalue weighted by atomic mass is 10.1. The molecule has 0 N–H and O–H groups in total. The number of unbranched alkanes of at least 4 members (excludes halogenated alkanes) is 2. The van der Waals surface area contributed by atoms with Gasteiger partial charge in [-0.15, -0.1) is 0 Å². The molecule has 0 aromatic rings. The topological polar surface area (TPSA) is 34.1 Å². The summed E-state index contributed by atoms with van der Waals surface area (Å²) < 4.78 is 21.3. The lowest BCUT2D eigenvalue weighted by Crippen LogP contribution is -1.96. The van der Waals surface area contributed by atoms with Crippen LogP contribution in [0.1, 0.15) is 39.5 Å². The first-order valence-electron chi connectivity index (χ1n) is 4.34. The van der Waals surface area contributed by atoms with Gasteiger partial charge in [-0.1, -0.05) is 33.1 Å². The van der Waals surface area contributed by atoms with Crippen LogP contribution in [-0.2, 0) is 8.27 Å². The molecule has 0 aliphatic carbocycles. The highest BCUT2D eigenvalue weighted by molar-refractivity contribution is 9.47. The summed E-state index contributed by atoms with van der Waals surface area (Å²) in [6.45, 7) is 4.36. The Hall–Kier alpha value is 0.430. The Balaban J connectivity index is 3.23. The van der Waals surface area contributed by atoms with Crippen LogP contribution in [0.4, 0.5) is 0 Å². The molecule has 0 amide bonds. The maximum Gasteiger partial charge on any atom is 0.209 e. The van der Waals surface area contributed by atoms with Crippen molar-refractivity contribution in [1.82, 2.24) is 0 Å². The summed E-state index contributed by atoms with van der Waals surface area (Å²) in [7, 11) is -2.91. The molecule has 0 atom stereocenters. The molecule has 0 heterocycles. The van der Waals surface area contributed by atoms with E-state index in [1.54, 1.807) is 0 Å². The molecule has 0 radical (unpaired) electrons. The van der Waals surface area contributed by atoms with Crippen LogP contribution in [0, 0.1) is 5.92 Å². The zero-order valence-corrected chi connectivity index (χ0v) is 10.1. The zero-order chi connectivity index (χ0) is 9.61. The summed E-state index contributed by atoms with van der Waals surface area (Å²) >= 11 is 2.63. The van der Waals surface area contributed by atoms with Crippen molar-refractivity contribution in [2.45, 2.75) is 39.5 Å². The van der Waals surface area contributed by atoms with Gasteiger partial charge in [0.25, 0.3) is 0 Å². The number of halogens is 1. The molecule has 0 aromatic carbocycles. The van der Waals surface area contributed by atoms with Gasteiger partial charge in [0.15, 0.2) is 0 Å². The highest BCUT2D eigenvalue weighted by Gasteiger charge is 2.03. The monoisotopic (exact) mass is 256 g/mol. The second kappa shape index (κ2) is 5.97. The third-order valence-electron chi connectivity index (χ3n) is 1.67.